The van der Waals surface area contributed by atoms with Crippen LogP contribution < -0.4 is 15.5 Å². The summed E-state index contributed by atoms with van der Waals surface area (Å²) in [5.41, 5.74) is 1.22. The van der Waals surface area contributed by atoms with Gasteiger partial charge in [0.1, 0.15) is 11.4 Å². The Morgan fingerprint density at radius 3 is 2.15 bits per heavy atom. The van der Waals surface area contributed by atoms with Crippen molar-refractivity contribution in [2.75, 3.05) is 41.7 Å². The van der Waals surface area contributed by atoms with E-state index in [-0.39, 0.29) is 6.09 Å². The Hall–Kier alpha value is -4.02. The van der Waals surface area contributed by atoms with Gasteiger partial charge in [-0.25, -0.2) is 19.7 Å². The number of aromatic nitrogens is 3. The third-order valence-corrected chi connectivity index (χ3v) is 4.24. The molecule has 0 saturated carbocycles. The van der Waals surface area contributed by atoms with Crippen molar-refractivity contribution >= 4 is 36.7 Å². The molecule has 0 aromatic carbocycles. The van der Waals surface area contributed by atoms with Gasteiger partial charge in [-0.05, 0) is 52.2 Å². The molecule has 0 unspecified atom stereocenters. The van der Waals surface area contributed by atoms with Gasteiger partial charge in [0.2, 0.25) is 12.4 Å². The van der Waals surface area contributed by atoms with Crippen LogP contribution in [0, 0.1) is 12.3 Å². The molecule has 2 amide bonds. The molecule has 1 fully saturated rings. The number of ether oxygens (including phenoxy) is 1. The number of pyridine rings is 1. The highest BCUT2D eigenvalue weighted by Crippen LogP contribution is 2.15. The van der Waals surface area contributed by atoms with Crippen molar-refractivity contribution < 1.29 is 14.3 Å². The largest absolute Gasteiger partial charge is 0.444 e. The normalized spacial score (nSPS) is 12.7. The quantitative estimate of drug-likeness (QED) is 0.447. The minimum atomic E-state index is -0.487. The molecule has 3 N–H and O–H groups in total. The van der Waals surface area contributed by atoms with Gasteiger partial charge in [0.05, 0.1) is 18.1 Å². The second kappa shape index (κ2) is 14.2. The molecular weight excluding hydrogens is 436 g/mol. The standard InChI is InChI=1S/C14H21N5O3.C8H10N2.CH3N/c1-14(2,3)22-13(21)19-6-4-18(5-7-19)12-15-8-11(9-16-12)17-10-20;1-3-9-8-5-4-7(2)6-10-8;1-2/h8-10H,4-7H2,1-3H3,(H,17,20);3-6H,1H2,2H3,(H,9,10);2H,1H2. The lowest BCUT2D eigenvalue weighted by Gasteiger charge is -2.35. The van der Waals surface area contributed by atoms with E-state index < -0.39 is 5.60 Å². The average molecular weight is 471 g/mol. The predicted molar refractivity (Wildman–Crippen MR) is 134 cm³/mol. The Kier molecular flexibility index (Phi) is 11.7. The van der Waals surface area contributed by atoms with Crippen LogP contribution in [0.1, 0.15) is 26.3 Å². The molecule has 3 rings (SSSR count). The number of nitrogens with zero attached hydrogens (tertiary/aromatic N) is 5. The van der Waals surface area contributed by atoms with Gasteiger partial charge in [-0.15, -0.1) is 0 Å². The van der Waals surface area contributed by atoms with Crippen LogP contribution in [0.25, 0.3) is 0 Å². The zero-order valence-corrected chi connectivity index (χ0v) is 20.2. The second-order valence-corrected chi connectivity index (χ2v) is 8.06. The van der Waals surface area contributed by atoms with E-state index in [1.54, 1.807) is 23.5 Å². The molecule has 0 radical (unpaired) electrons. The average Bonchev–Trinajstić information content (AvgIpc) is 2.82. The number of carbonyl (C=O) groups excluding carboxylic acids is 2. The lowest BCUT2D eigenvalue weighted by Crippen LogP contribution is -2.50. The Balaban J connectivity index is 0.000000402. The van der Waals surface area contributed by atoms with Gasteiger partial charge in [-0.1, -0.05) is 12.6 Å². The Morgan fingerprint density at radius 1 is 1.06 bits per heavy atom. The number of amides is 2. The SMILES string of the molecule is C=CNc1ccc(C)cn1.C=N.CC(C)(C)OC(=O)N1CCN(c2ncc(NC=O)cn2)CC1. The maximum absolute atomic E-state index is 12.0. The van der Waals surface area contributed by atoms with Crippen LogP contribution in [0.5, 0.6) is 0 Å². The summed E-state index contributed by atoms with van der Waals surface area (Å²) >= 11 is 0. The summed E-state index contributed by atoms with van der Waals surface area (Å²) in [6.45, 7) is 16.0. The van der Waals surface area contributed by atoms with E-state index in [9.17, 15) is 9.59 Å². The van der Waals surface area contributed by atoms with Gasteiger partial charge in [-0.3, -0.25) is 4.79 Å². The molecule has 184 valence electrons. The molecule has 11 heteroatoms. The minimum Gasteiger partial charge on any atom is -0.444 e. The van der Waals surface area contributed by atoms with Crippen molar-refractivity contribution in [2.24, 2.45) is 0 Å². The van der Waals surface area contributed by atoms with Crippen molar-refractivity contribution in [1.82, 2.24) is 19.9 Å². The zero-order chi connectivity index (χ0) is 25.6. The molecule has 0 bridgehead atoms. The van der Waals surface area contributed by atoms with Crippen molar-refractivity contribution in [2.45, 2.75) is 33.3 Å². The van der Waals surface area contributed by atoms with Gasteiger partial charge < -0.3 is 30.6 Å². The number of piperazine rings is 1. The fourth-order valence-electron chi connectivity index (χ4n) is 2.70. The summed E-state index contributed by atoms with van der Waals surface area (Å²) in [7, 11) is 0. The van der Waals surface area contributed by atoms with Crippen molar-refractivity contribution in [3.05, 3.63) is 49.1 Å². The van der Waals surface area contributed by atoms with Gasteiger partial charge in [0, 0.05) is 32.4 Å². The monoisotopic (exact) mass is 470 g/mol. The van der Waals surface area contributed by atoms with Gasteiger partial charge in [0.15, 0.2) is 0 Å². The molecule has 1 aliphatic heterocycles. The summed E-state index contributed by atoms with van der Waals surface area (Å²) < 4.78 is 5.36. The molecule has 0 atom stereocenters. The first-order valence-electron chi connectivity index (χ1n) is 10.6. The minimum absolute atomic E-state index is 0.293. The maximum atomic E-state index is 12.0. The van der Waals surface area contributed by atoms with E-state index in [0.29, 0.717) is 44.2 Å². The van der Waals surface area contributed by atoms with Crippen LogP contribution in [0.3, 0.4) is 0 Å². The smallest absolute Gasteiger partial charge is 0.410 e. The van der Waals surface area contributed by atoms with E-state index in [1.165, 1.54) is 0 Å². The Morgan fingerprint density at radius 2 is 1.68 bits per heavy atom. The zero-order valence-electron chi connectivity index (χ0n) is 20.2. The highest BCUT2D eigenvalue weighted by Gasteiger charge is 2.26. The number of aryl methyl sites for hydroxylation is 1. The predicted octanol–water partition coefficient (Wildman–Crippen LogP) is 3.31. The van der Waals surface area contributed by atoms with Crippen LogP contribution in [0.2, 0.25) is 0 Å². The van der Waals surface area contributed by atoms with Crippen LogP contribution in [0.15, 0.2) is 43.5 Å². The maximum Gasteiger partial charge on any atom is 0.410 e. The lowest BCUT2D eigenvalue weighted by atomic mass is 10.2. The van der Waals surface area contributed by atoms with E-state index in [4.69, 9.17) is 10.1 Å². The van der Waals surface area contributed by atoms with Crippen molar-refractivity contribution in [1.29, 1.82) is 5.41 Å². The number of hydrogen-bond acceptors (Lipinski definition) is 9. The molecule has 0 aliphatic carbocycles. The summed E-state index contributed by atoms with van der Waals surface area (Å²) in [4.78, 5) is 38.5. The molecule has 2 aromatic rings. The fourth-order valence-corrected chi connectivity index (χ4v) is 2.70. The highest BCUT2D eigenvalue weighted by molar-refractivity contribution is 5.70. The van der Waals surface area contributed by atoms with E-state index >= 15 is 0 Å². The van der Waals surface area contributed by atoms with Crippen LogP contribution in [0.4, 0.5) is 22.2 Å². The molecule has 0 spiro atoms. The van der Waals surface area contributed by atoms with Crippen LogP contribution in [-0.4, -0.2) is 70.9 Å². The molecule has 34 heavy (non-hydrogen) atoms. The second-order valence-electron chi connectivity index (χ2n) is 8.06. The molecule has 3 heterocycles. The number of nitrogens with one attached hydrogen (secondary N) is 3. The first-order chi connectivity index (χ1) is 16.2. The van der Waals surface area contributed by atoms with Crippen molar-refractivity contribution in [3.63, 3.8) is 0 Å². The van der Waals surface area contributed by atoms with Crippen LogP contribution >= 0.6 is 0 Å². The van der Waals surface area contributed by atoms with Gasteiger partial charge in [-0.2, -0.15) is 0 Å². The van der Waals surface area contributed by atoms with Crippen molar-refractivity contribution in [3.8, 4) is 0 Å². The first kappa shape index (κ1) is 28.0. The van der Waals surface area contributed by atoms with Crippen LogP contribution in [-0.2, 0) is 9.53 Å². The summed E-state index contributed by atoms with van der Waals surface area (Å²) in [6, 6.07) is 3.91. The van der Waals surface area contributed by atoms with E-state index in [1.807, 2.05) is 50.9 Å². The number of anilines is 3. The molecule has 2 aromatic heterocycles. The summed E-state index contributed by atoms with van der Waals surface area (Å²) in [5.74, 6) is 1.42. The third-order valence-electron chi connectivity index (χ3n) is 4.24. The summed E-state index contributed by atoms with van der Waals surface area (Å²) in [5, 5.41) is 10.9. The number of carbonyl (C=O) groups is 2. The molecule has 11 nitrogen and oxygen atoms in total. The fraction of sp³-hybridized carbons (Fsp3) is 0.391. The first-order valence-corrected chi connectivity index (χ1v) is 10.6. The van der Waals surface area contributed by atoms with E-state index in [2.05, 4.69) is 38.9 Å². The van der Waals surface area contributed by atoms with E-state index in [0.717, 1.165) is 11.4 Å². The summed E-state index contributed by atoms with van der Waals surface area (Å²) in [6.07, 6.45) is 6.81. The Bertz CT molecular complexity index is 890. The lowest BCUT2D eigenvalue weighted by molar-refractivity contribution is -0.105. The molecular formula is C23H34N8O3. The highest BCUT2D eigenvalue weighted by atomic mass is 16.6. The number of hydrogen-bond donors (Lipinski definition) is 3. The third kappa shape index (κ3) is 10.1. The molecule has 1 saturated heterocycles. The Labute approximate surface area is 200 Å². The van der Waals surface area contributed by atoms with Gasteiger partial charge >= 0.3 is 6.09 Å². The molecule has 1 aliphatic rings. The number of rotatable bonds is 5. The van der Waals surface area contributed by atoms with Gasteiger partial charge in [0.25, 0.3) is 0 Å². The topological polar surface area (TPSA) is 136 Å².